The van der Waals surface area contributed by atoms with Gasteiger partial charge in [0.05, 0.1) is 16.0 Å². The number of non-ortho nitro benzene ring substituents is 1. The zero-order chi connectivity index (χ0) is 17.6. The molecular weight excluding hydrogens is 384 g/mol. The van der Waals surface area contributed by atoms with Crippen LogP contribution in [-0.4, -0.2) is 17.4 Å². The molecule has 1 heterocycles. The van der Waals surface area contributed by atoms with Crippen LogP contribution in [0.15, 0.2) is 46.9 Å². The van der Waals surface area contributed by atoms with Crippen molar-refractivity contribution in [2.75, 3.05) is 11.4 Å². The molecule has 0 radical (unpaired) electrons. The number of halogens is 1. The Kier molecular flexibility index (Phi) is 3.87. The third kappa shape index (κ3) is 2.56. The molecule has 0 bridgehead atoms. The maximum absolute atomic E-state index is 13.4. The largest absolute Gasteiger partial charge is 0.311 e. The molecule has 2 aliphatic rings. The first-order valence-electron chi connectivity index (χ1n) is 8.37. The summed E-state index contributed by atoms with van der Waals surface area (Å²) in [6, 6.07) is 12.8. The molecule has 25 heavy (non-hydrogen) atoms. The van der Waals surface area contributed by atoms with Crippen LogP contribution < -0.4 is 4.90 Å². The highest BCUT2D eigenvalue weighted by Crippen LogP contribution is 2.47. The predicted molar refractivity (Wildman–Crippen MR) is 98.8 cm³/mol. The second-order valence-electron chi connectivity index (χ2n) is 6.72. The average Bonchev–Trinajstić information content (AvgIpc) is 2.98. The molecule has 0 unspecified atom stereocenters. The van der Waals surface area contributed by atoms with E-state index in [2.05, 4.69) is 15.9 Å². The van der Waals surface area contributed by atoms with Crippen LogP contribution in [0.2, 0.25) is 0 Å². The molecule has 2 aromatic carbocycles. The molecule has 5 nitrogen and oxygen atoms in total. The van der Waals surface area contributed by atoms with Gasteiger partial charge in [-0.25, -0.2) is 0 Å². The number of carbonyl (C=O) groups is 1. The normalized spacial score (nSPS) is 17.7. The molecule has 0 aromatic heterocycles. The number of hydrogen-bond donors (Lipinski definition) is 0. The Morgan fingerprint density at radius 1 is 1.16 bits per heavy atom. The van der Waals surface area contributed by atoms with E-state index < -0.39 is 10.3 Å². The van der Waals surface area contributed by atoms with Gasteiger partial charge in [0.2, 0.25) is 5.91 Å². The predicted octanol–water partition coefficient (Wildman–Crippen LogP) is 4.37. The van der Waals surface area contributed by atoms with E-state index in [9.17, 15) is 14.9 Å². The number of rotatable bonds is 3. The van der Waals surface area contributed by atoms with Gasteiger partial charge >= 0.3 is 0 Å². The first-order chi connectivity index (χ1) is 12.0. The molecule has 1 aliphatic carbocycles. The van der Waals surface area contributed by atoms with Crippen LogP contribution >= 0.6 is 15.9 Å². The highest BCUT2D eigenvalue weighted by Gasteiger charge is 2.49. The SMILES string of the molecule is O=C(N1CCc2ccc([N+](=O)[O-])cc21)C1(c2ccc(Br)cc2)CCC1. The summed E-state index contributed by atoms with van der Waals surface area (Å²) in [6.07, 6.45) is 3.43. The van der Waals surface area contributed by atoms with E-state index in [1.54, 1.807) is 11.0 Å². The Bertz CT molecular complexity index is 859. The van der Waals surface area contributed by atoms with Gasteiger partial charge in [-0.3, -0.25) is 14.9 Å². The van der Waals surface area contributed by atoms with Crippen molar-refractivity contribution in [2.45, 2.75) is 31.1 Å². The summed E-state index contributed by atoms with van der Waals surface area (Å²) in [5.74, 6) is 0.0697. The van der Waals surface area contributed by atoms with Crippen LogP contribution in [0.4, 0.5) is 11.4 Å². The van der Waals surface area contributed by atoms with Gasteiger partial charge in [0.25, 0.3) is 5.69 Å². The maximum atomic E-state index is 13.4. The zero-order valence-corrected chi connectivity index (χ0v) is 15.2. The smallest absolute Gasteiger partial charge is 0.271 e. The van der Waals surface area contributed by atoms with E-state index in [0.29, 0.717) is 12.2 Å². The second kappa shape index (κ2) is 5.95. The number of nitrogens with zero attached hydrogens (tertiary/aromatic N) is 2. The van der Waals surface area contributed by atoms with Crippen molar-refractivity contribution >= 4 is 33.2 Å². The van der Waals surface area contributed by atoms with Gasteiger partial charge < -0.3 is 4.90 Å². The quantitative estimate of drug-likeness (QED) is 0.567. The molecular formula is C19H17BrN2O3. The highest BCUT2D eigenvalue weighted by atomic mass is 79.9. The molecule has 6 heteroatoms. The zero-order valence-electron chi connectivity index (χ0n) is 13.6. The molecule has 2 aromatic rings. The third-order valence-corrected chi connectivity index (χ3v) is 5.96. The molecule has 0 atom stereocenters. The molecule has 1 amide bonds. The maximum Gasteiger partial charge on any atom is 0.271 e. The van der Waals surface area contributed by atoms with Gasteiger partial charge in [0, 0.05) is 23.2 Å². The summed E-state index contributed by atoms with van der Waals surface area (Å²) in [7, 11) is 0. The first-order valence-corrected chi connectivity index (χ1v) is 9.16. The number of anilines is 1. The fraction of sp³-hybridized carbons (Fsp3) is 0.316. The highest BCUT2D eigenvalue weighted by molar-refractivity contribution is 9.10. The molecule has 1 aliphatic heterocycles. The van der Waals surface area contributed by atoms with E-state index in [-0.39, 0.29) is 11.6 Å². The molecule has 1 saturated carbocycles. The number of nitro groups is 1. The number of fused-ring (bicyclic) bond motifs is 1. The van der Waals surface area contributed by atoms with Crippen molar-refractivity contribution in [3.63, 3.8) is 0 Å². The van der Waals surface area contributed by atoms with Crippen molar-refractivity contribution in [3.8, 4) is 0 Å². The van der Waals surface area contributed by atoms with E-state index in [0.717, 1.165) is 41.3 Å². The van der Waals surface area contributed by atoms with Gasteiger partial charge in [0.15, 0.2) is 0 Å². The van der Waals surface area contributed by atoms with Crippen molar-refractivity contribution < 1.29 is 9.72 Å². The van der Waals surface area contributed by atoms with Gasteiger partial charge in [-0.05, 0) is 42.5 Å². The Labute approximate surface area is 153 Å². The number of nitro benzene ring substituents is 1. The number of benzene rings is 2. The van der Waals surface area contributed by atoms with Crippen LogP contribution in [0.25, 0.3) is 0 Å². The topological polar surface area (TPSA) is 63.5 Å². The summed E-state index contributed by atoms with van der Waals surface area (Å²) in [5, 5.41) is 11.1. The monoisotopic (exact) mass is 400 g/mol. The number of carbonyl (C=O) groups excluding carboxylic acids is 1. The summed E-state index contributed by atoms with van der Waals surface area (Å²) < 4.78 is 0.986. The Hall–Kier alpha value is -2.21. The Balaban J connectivity index is 1.71. The third-order valence-electron chi connectivity index (χ3n) is 5.43. The summed E-state index contributed by atoms with van der Waals surface area (Å²) in [5.41, 5.74) is 2.27. The van der Waals surface area contributed by atoms with Gasteiger partial charge in [0.1, 0.15) is 0 Å². The lowest BCUT2D eigenvalue weighted by atomic mass is 9.63. The van der Waals surface area contributed by atoms with Crippen LogP contribution in [0, 0.1) is 10.1 Å². The molecule has 4 rings (SSSR count). The van der Waals surface area contributed by atoms with Crippen molar-refractivity contribution in [2.24, 2.45) is 0 Å². The molecule has 0 spiro atoms. The van der Waals surface area contributed by atoms with Crippen molar-refractivity contribution in [1.82, 2.24) is 0 Å². The van der Waals surface area contributed by atoms with E-state index >= 15 is 0 Å². The van der Waals surface area contributed by atoms with Crippen LogP contribution in [0.5, 0.6) is 0 Å². The summed E-state index contributed by atoms with van der Waals surface area (Å²) in [4.78, 5) is 25.9. The van der Waals surface area contributed by atoms with E-state index in [1.807, 2.05) is 24.3 Å². The minimum atomic E-state index is -0.493. The minimum Gasteiger partial charge on any atom is -0.311 e. The van der Waals surface area contributed by atoms with Crippen molar-refractivity contribution in [1.29, 1.82) is 0 Å². The van der Waals surface area contributed by atoms with Gasteiger partial charge in [-0.2, -0.15) is 0 Å². The van der Waals surface area contributed by atoms with Gasteiger partial charge in [-0.1, -0.05) is 40.5 Å². The van der Waals surface area contributed by atoms with Crippen LogP contribution in [0.1, 0.15) is 30.4 Å². The van der Waals surface area contributed by atoms with E-state index in [4.69, 9.17) is 0 Å². The average molecular weight is 401 g/mol. The molecule has 1 fully saturated rings. The fourth-order valence-corrected chi connectivity index (χ4v) is 4.14. The fourth-order valence-electron chi connectivity index (χ4n) is 3.88. The molecule has 0 saturated heterocycles. The van der Waals surface area contributed by atoms with E-state index in [1.165, 1.54) is 12.1 Å². The Morgan fingerprint density at radius 2 is 1.88 bits per heavy atom. The second-order valence-corrected chi connectivity index (χ2v) is 7.64. The number of amides is 1. The molecule has 0 N–H and O–H groups in total. The van der Waals surface area contributed by atoms with Crippen LogP contribution in [0.3, 0.4) is 0 Å². The van der Waals surface area contributed by atoms with Gasteiger partial charge in [-0.15, -0.1) is 0 Å². The Morgan fingerprint density at radius 3 is 2.48 bits per heavy atom. The standard InChI is InChI=1S/C19H17BrN2O3/c20-15-5-3-14(4-6-15)19(9-1-10-19)18(23)21-11-8-13-2-7-16(22(24)25)12-17(13)21/h2-7,12H,1,8-11H2. The number of hydrogen-bond acceptors (Lipinski definition) is 3. The molecule has 128 valence electrons. The minimum absolute atomic E-state index is 0.0322. The lowest BCUT2D eigenvalue weighted by Gasteiger charge is -2.43. The first kappa shape index (κ1) is 16.3. The lowest BCUT2D eigenvalue weighted by molar-refractivity contribution is -0.384. The summed E-state index contributed by atoms with van der Waals surface area (Å²) in [6.45, 7) is 0.591. The summed E-state index contributed by atoms with van der Waals surface area (Å²) >= 11 is 3.44. The van der Waals surface area contributed by atoms with Crippen molar-refractivity contribution in [3.05, 3.63) is 68.2 Å². The van der Waals surface area contributed by atoms with Crippen LogP contribution in [-0.2, 0) is 16.6 Å². The lowest BCUT2D eigenvalue weighted by Crippen LogP contribution is -2.50.